The summed E-state index contributed by atoms with van der Waals surface area (Å²) < 4.78 is 8.44. The van der Waals surface area contributed by atoms with Crippen molar-refractivity contribution in [3.8, 4) is 51.0 Å². The van der Waals surface area contributed by atoms with Gasteiger partial charge in [-0.2, -0.15) is 0 Å². The van der Waals surface area contributed by atoms with Gasteiger partial charge in [-0.1, -0.05) is 121 Å². The average Bonchev–Trinajstić information content (AvgIpc) is 3.73. The quantitative estimate of drug-likeness (QED) is 0.188. The Kier molecular flexibility index (Phi) is 6.42. The van der Waals surface area contributed by atoms with Gasteiger partial charge in [0.05, 0.1) is 11.0 Å². The van der Waals surface area contributed by atoms with Crippen molar-refractivity contribution in [3.63, 3.8) is 0 Å². The molecular formula is C45H28N4O. The lowest BCUT2D eigenvalue weighted by molar-refractivity contribution is 0.669. The normalized spacial score (nSPS) is 11.6. The molecule has 0 atom stereocenters. The van der Waals surface area contributed by atoms with E-state index in [-0.39, 0.29) is 0 Å². The Hall–Kier alpha value is -6.85. The molecule has 0 spiro atoms. The molecule has 10 rings (SSSR count). The summed E-state index contributed by atoms with van der Waals surface area (Å²) in [5, 5.41) is 4.65. The Bertz CT molecular complexity index is 2810. The second-order valence-corrected chi connectivity index (χ2v) is 12.5. The summed E-state index contributed by atoms with van der Waals surface area (Å²) in [5.74, 6) is 1.92. The molecule has 5 heteroatoms. The van der Waals surface area contributed by atoms with E-state index in [9.17, 15) is 0 Å². The highest BCUT2D eigenvalue weighted by molar-refractivity contribution is 6.11. The van der Waals surface area contributed by atoms with Gasteiger partial charge in [-0.25, -0.2) is 15.0 Å². The average molecular weight is 641 g/mol. The van der Waals surface area contributed by atoms with E-state index in [1.54, 1.807) is 0 Å². The van der Waals surface area contributed by atoms with Gasteiger partial charge in [0.2, 0.25) is 0 Å². The maximum absolute atomic E-state index is 6.11. The van der Waals surface area contributed by atoms with Crippen molar-refractivity contribution in [3.05, 3.63) is 170 Å². The van der Waals surface area contributed by atoms with Gasteiger partial charge in [-0.3, -0.25) is 0 Å². The predicted molar refractivity (Wildman–Crippen MR) is 203 cm³/mol. The first-order valence-corrected chi connectivity index (χ1v) is 16.7. The molecule has 0 saturated heterocycles. The van der Waals surface area contributed by atoms with E-state index in [1.807, 2.05) is 72.8 Å². The minimum atomic E-state index is 0.629. The molecule has 3 heterocycles. The first kappa shape index (κ1) is 28.2. The summed E-state index contributed by atoms with van der Waals surface area (Å²) in [6.45, 7) is 0. The van der Waals surface area contributed by atoms with Gasteiger partial charge >= 0.3 is 0 Å². The molecule has 10 aromatic rings. The molecule has 0 aliphatic carbocycles. The summed E-state index contributed by atoms with van der Waals surface area (Å²) in [6.07, 6.45) is 0. The van der Waals surface area contributed by atoms with Crippen LogP contribution in [0.5, 0.6) is 0 Å². The van der Waals surface area contributed by atoms with Crippen molar-refractivity contribution in [2.24, 2.45) is 0 Å². The van der Waals surface area contributed by atoms with Gasteiger partial charge in [-0.05, 0) is 59.7 Å². The standard InChI is InChI=1S/C45H28N4O/c1-3-12-29(13-4-1)43-46-44(30-14-5-2-6-15-30)48-45(47-43)33-16-11-17-34(26-33)49-39-20-9-7-18-35(39)37-27-31(22-24-40(37)49)32-23-25-42-38(28-32)36-19-8-10-21-41(36)50-42/h1-28H. The van der Waals surface area contributed by atoms with Crippen LogP contribution in [-0.4, -0.2) is 19.5 Å². The van der Waals surface area contributed by atoms with E-state index in [0.717, 1.165) is 66.5 Å². The first-order valence-electron chi connectivity index (χ1n) is 16.7. The fourth-order valence-electron chi connectivity index (χ4n) is 7.06. The molecule has 7 aromatic carbocycles. The number of hydrogen-bond acceptors (Lipinski definition) is 4. The maximum Gasteiger partial charge on any atom is 0.164 e. The van der Waals surface area contributed by atoms with Crippen LogP contribution in [0.25, 0.3) is 94.7 Å². The summed E-state index contributed by atoms with van der Waals surface area (Å²) in [6, 6.07) is 58.7. The number of nitrogens with zero attached hydrogens (tertiary/aromatic N) is 4. The van der Waals surface area contributed by atoms with Crippen molar-refractivity contribution in [2.45, 2.75) is 0 Å². The highest BCUT2D eigenvalue weighted by atomic mass is 16.3. The Morgan fingerprint density at radius 1 is 0.340 bits per heavy atom. The zero-order valence-electron chi connectivity index (χ0n) is 26.9. The van der Waals surface area contributed by atoms with E-state index < -0.39 is 0 Å². The molecule has 50 heavy (non-hydrogen) atoms. The molecule has 0 radical (unpaired) electrons. The van der Waals surface area contributed by atoms with E-state index >= 15 is 0 Å². The SMILES string of the molecule is c1ccc(-c2nc(-c3ccccc3)nc(-c3cccc(-n4c5ccccc5c5cc(-c6ccc7oc8ccccc8c7c6)ccc54)c3)n2)cc1. The third-order valence-corrected chi connectivity index (χ3v) is 9.44. The lowest BCUT2D eigenvalue weighted by Crippen LogP contribution is -2.01. The lowest BCUT2D eigenvalue weighted by Gasteiger charge is -2.12. The molecule has 0 aliphatic rings. The molecule has 0 unspecified atom stereocenters. The zero-order valence-corrected chi connectivity index (χ0v) is 26.9. The van der Waals surface area contributed by atoms with Gasteiger partial charge in [0.1, 0.15) is 11.2 Å². The van der Waals surface area contributed by atoms with E-state index in [2.05, 4.69) is 102 Å². The largest absolute Gasteiger partial charge is 0.456 e. The number of hydrogen-bond donors (Lipinski definition) is 0. The summed E-state index contributed by atoms with van der Waals surface area (Å²) in [5.41, 5.74) is 10.2. The molecule has 0 aliphatic heterocycles. The summed E-state index contributed by atoms with van der Waals surface area (Å²) in [4.78, 5) is 14.9. The number of rotatable bonds is 5. The molecule has 0 fully saturated rings. The number of benzene rings is 7. The van der Waals surface area contributed by atoms with Crippen molar-refractivity contribution in [1.82, 2.24) is 19.5 Å². The first-order chi connectivity index (χ1) is 24.8. The van der Waals surface area contributed by atoms with E-state index in [4.69, 9.17) is 19.4 Å². The Balaban J connectivity index is 1.12. The minimum absolute atomic E-state index is 0.629. The molecule has 3 aromatic heterocycles. The Morgan fingerprint density at radius 3 is 1.62 bits per heavy atom. The van der Waals surface area contributed by atoms with Crippen molar-refractivity contribution in [1.29, 1.82) is 0 Å². The molecular weight excluding hydrogens is 613 g/mol. The molecule has 234 valence electrons. The topological polar surface area (TPSA) is 56.7 Å². The van der Waals surface area contributed by atoms with Crippen LogP contribution < -0.4 is 0 Å². The van der Waals surface area contributed by atoms with Gasteiger partial charge in [0.25, 0.3) is 0 Å². The summed E-state index contributed by atoms with van der Waals surface area (Å²) in [7, 11) is 0. The molecule has 5 nitrogen and oxygen atoms in total. The maximum atomic E-state index is 6.11. The number of para-hydroxylation sites is 2. The molecule has 0 N–H and O–H groups in total. The van der Waals surface area contributed by atoms with Gasteiger partial charge < -0.3 is 8.98 Å². The third kappa shape index (κ3) is 4.67. The Labute approximate surface area is 287 Å². The van der Waals surface area contributed by atoms with Crippen LogP contribution in [0.15, 0.2) is 174 Å². The van der Waals surface area contributed by atoms with Gasteiger partial charge in [0, 0.05) is 43.9 Å². The van der Waals surface area contributed by atoms with Crippen molar-refractivity contribution < 1.29 is 4.42 Å². The predicted octanol–water partition coefficient (Wildman–Crippen LogP) is 11.5. The van der Waals surface area contributed by atoms with E-state index in [0.29, 0.717) is 17.5 Å². The molecule has 0 amide bonds. The van der Waals surface area contributed by atoms with Crippen LogP contribution >= 0.6 is 0 Å². The van der Waals surface area contributed by atoms with Crippen molar-refractivity contribution >= 4 is 43.7 Å². The van der Waals surface area contributed by atoms with Crippen LogP contribution in [0.2, 0.25) is 0 Å². The fourth-order valence-corrected chi connectivity index (χ4v) is 7.06. The van der Waals surface area contributed by atoms with Crippen molar-refractivity contribution in [2.75, 3.05) is 0 Å². The lowest BCUT2D eigenvalue weighted by atomic mass is 10.0. The van der Waals surface area contributed by atoms with Crippen LogP contribution in [0.1, 0.15) is 0 Å². The minimum Gasteiger partial charge on any atom is -0.456 e. The number of aromatic nitrogens is 4. The number of furan rings is 1. The Morgan fingerprint density at radius 2 is 0.880 bits per heavy atom. The van der Waals surface area contributed by atoms with Gasteiger partial charge in [-0.15, -0.1) is 0 Å². The summed E-state index contributed by atoms with van der Waals surface area (Å²) >= 11 is 0. The van der Waals surface area contributed by atoms with E-state index in [1.165, 1.54) is 10.8 Å². The molecule has 0 bridgehead atoms. The second kappa shape index (κ2) is 11.4. The fraction of sp³-hybridized carbons (Fsp3) is 0. The third-order valence-electron chi connectivity index (χ3n) is 9.44. The number of fused-ring (bicyclic) bond motifs is 6. The second-order valence-electron chi connectivity index (χ2n) is 12.5. The smallest absolute Gasteiger partial charge is 0.164 e. The highest BCUT2D eigenvalue weighted by Crippen LogP contribution is 2.38. The van der Waals surface area contributed by atoms with Crippen LogP contribution in [0.4, 0.5) is 0 Å². The van der Waals surface area contributed by atoms with Crippen LogP contribution in [-0.2, 0) is 0 Å². The zero-order chi connectivity index (χ0) is 33.0. The monoisotopic (exact) mass is 640 g/mol. The molecule has 0 saturated carbocycles. The van der Waals surface area contributed by atoms with Crippen LogP contribution in [0.3, 0.4) is 0 Å². The van der Waals surface area contributed by atoms with Gasteiger partial charge in [0.15, 0.2) is 17.5 Å². The van der Waals surface area contributed by atoms with Crippen LogP contribution in [0, 0.1) is 0 Å². The highest BCUT2D eigenvalue weighted by Gasteiger charge is 2.17.